The van der Waals surface area contributed by atoms with Gasteiger partial charge in [-0.05, 0) is 24.6 Å². The molecule has 7 nitrogen and oxygen atoms in total. The third kappa shape index (κ3) is 3.43. The summed E-state index contributed by atoms with van der Waals surface area (Å²) in [5, 5.41) is 11.0. The lowest BCUT2D eigenvalue weighted by Gasteiger charge is -2.04. The first kappa shape index (κ1) is 16.1. The van der Waals surface area contributed by atoms with Crippen LogP contribution in [0.1, 0.15) is 23.0 Å². The minimum atomic E-state index is -0.432. The summed E-state index contributed by atoms with van der Waals surface area (Å²) in [5.41, 5.74) is 1.13. The minimum absolute atomic E-state index is 0.155. The monoisotopic (exact) mass is 348 g/mol. The van der Waals surface area contributed by atoms with Crippen LogP contribution < -0.4 is 5.32 Å². The molecule has 124 valence electrons. The second kappa shape index (κ2) is 6.79. The number of hydrogen-bond donors (Lipinski definition) is 1. The average molecular weight is 349 g/mol. The van der Waals surface area contributed by atoms with Crippen LogP contribution in [0.4, 0.5) is 10.3 Å². The van der Waals surface area contributed by atoms with Crippen LogP contribution in [0.3, 0.4) is 0 Å². The average Bonchev–Trinajstić information content (AvgIpc) is 3.15. The number of hydrogen-bond acceptors (Lipinski definition) is 4. The van der Waals surface area contributed by atoms with Gasteiger partial charge in [0.1, 0.15) is 17.8 Å². The van der Waals surface area contributed by atoms with Crippen molar-refractivity contribution in [2.24, 2.45) is 0 Å². The minimum Gasteiger partial charge on any atom is -0.288 e. The number of aryl methyl sites for hydroxylation is 1. The Kier molecular flexibility index (Phi) is 4.57. The van der Waals surface area contributed by atoms with Crippen LogP contribution >= 0.6 is 11.6 Å². The van der Waals surface area contributed by atoms with Gasteiger partial charge in [-0.15, -0.1) is 5.10 Å². The molecule has 0 saturated heterocycles. The molecule has 0 aliphatic carbocycles. The summed E-state index contributed by atoms with van der Waals surface area (Å²) < 4.78 is 15.9. The molecule has 1 N–H and O–H groups in total. The zero-order valence-corrected chi connectivity index (χ0v) is 13.5. The van der Waals surface area contributed by atoms with Gasteiger partial charge < -0.3 is 0 Å². The topological polar surface area (TPSA) is 77.6 Å². The van der Waals surface area contributed by atoms with Crippen molar-refractivity contribution >= 4 is 23.5 Å². The lowest BCUT2D eigenvalue weighted by molar-refractivity contribution is 0.101. The molecule has 0 bridgehead atoms. The number of rotatable bonds is 5. The highest BCUT2D eigenvalue weighted by molar-refractivity contribution is 6.34. The van der Waals surface area contributed by atoms with Crippen molar-refractivity contribution in [3.05, 3.63) is 58.9 Å². The zero-order valence-electron chi connectivity index (χ0n) is 12.8. The van der Waals surface area contributed by atoms with E-state index in [1.165, 1.54) is 29.3 Å². The lowest BCUT2D eigenvalue weighted by Crippen LogP contribution is -2.18. The number of carbonyl (C=O) groups excluding carboxylic acids is 1. The molecule has 2 aromatic heterocycles. The first-order valence-corrected chi connectivity index (χ1v) is 7.61. The van der Waals surface area contributed by atoms with Crippen LogP contribution in [0, 0.1) is 5.82 Å². The van der Waals surface area contributed by atoms with E-state index in [0.29, 0.717) is 13.1 Å². The van der Waals surface area contributed by atoms with Crippen molar-refractivity contribution in [2.45, 2.75) is 20.0 Å². The third-order valence-electron chi connectivity index (χ3n) is 3.33. The van der Waals surface area contributed by atoms with Gasteiger partial charge in [0.25, 0.3) is 5.91 Å². The fourth-order valence-electron chi connectivity index (χ4n) is 2.19. The Bertz CT molecular complexity index is 857. The van der Waals surface area contributed by atoms with Gasteiger partial charge in [-0.2, -0.15) is 5.10 Å². The van der Waals surface area contributed by atoms with Crippen molar-refractivity contribution in [1.82, 2.24) is 24.5 Å². The molecule has 24 heavy (non-hydrogen) atoms. The van der Waals surface area contributed by atoms with E-state index >= 15 is 0 Å². The van der Waals surface area contributed by atoms with Crippen molar-refractivity contribution in [1.29, 1.82) is 0 Å². The Morgan fingerprint density at radius 3 is 2.79 bits per heavy atom. The van der Waals surface area contributed by atoms with Crippen LogP contribution in [0.15, 0.2) is 36.8 Å². The van der Waals surface area contributed by atoms with Gasteiger partial charge in [0.15, 0.2) is 0 Å². The SMILES string of the molecule is CCn1ncc(Cl)c1C(=O)Nc1ncn(Cc2ccc(F)cc2)n1. The van der Waals surface area contributed by atoms with E-state index in [1.807, 2.05) is 6.92 Å². The molecule has 0 fully saturated rings. The van der Waals surface area contributed by atoms with E-state index in [1.54, 1.807) is 16.8 Å². The van der Waals surface area contributed by atoms with Crippen LogP contribution in [-0.4, -0.2) is 30.5 Å². The number of halogens is 2. The van der Waals surface area contributed by atoms with E-state index in [4.69, 9.17) is 11.6 Å². The molecule has 3 rings (SSSR count). The van der Waals surface area contributed by atoms with Gasteiger partial charge >= 0.3 is 0 Å². The van der Waals surface area contributed by atoms with Crippen molar-refractivity contribution in [3.63, 3.8) is 0 Å². The smallest absolute Gasteiger partial charge is 0.277 e. The summed E-state index contributed by atoms with van der Waals surface area (Å²) in [6.45, 7) is 2.79. The largest absolute Gasteiger partial charge is 0.288 e. The van der Waals surface area contributed by atoms with Gasteiger partial charge in [0.2, 0.25) is 5.95 Å². The maximum absolute atomic E-state index is 12.9. The van der Waals surface area contributed by atoms with Crippen LogP contribution in [0.25, 0.3) is 0 Å². The molecule has 0 spiro atoms. The van der Waals surface area contributed by atoms with Crippen LogP contribution in [-0.2, 0) is 13.1 Å². The van der Waals surface area contributed by atoms with E-state index in [2.05, 4.69) is 20.5 Å². The highest BCUT2D eigenvalue weighted by Crippen LogP contribution is 2.16. The predicted octanol–water partition coefficient (Wildman–Crippen LogP) is 2.59. The quantitative estimate of drug-likeness (QED) is 0.768. The van der Waals surface area contributed by atoms with Gasteiger partial charge in [-0.1, -0.05) is 23.7 Å². The van der Waals surface area contributed by atoms with Crippen LogP contribution in [0.5, 0.6) is 0 Å². The molecule has 0 aliphatic heterocycles. The van der Waals surface area contributed by atoms with Crippen LogP contribution in [0.2, 0.25) is 5.02 Å². The van der Waals surface area contributed by atoms with Gasteiger partial charge in [0, 0.05) is 6.54 Å². The summed E-state index contributed by atoms with van der Waals surface area (Å²) in [6.07, 6.45) is 2.90. The molecule has 3 aromatic rings. The van der Waals surface area contributed by atoms with E-state index < -0.39 is 5.91 Å². The molecule has 1 amide bonds. The third-order valence-corrected chi connectivity index (χ3v) is 3.61. The molecule has 9 heteroatoms. The maximum atomic E-state index is 12.9. The number of benzene rings is 1. The summed E-state index contributed by atoms with van der Waals surface area (Å²) in [7, 11) is 0. The normalized spacial score (nSPS) is 10.8. The fourth-order valence-corrected chi connectivity index (χ4v) is 2.42. The van der Waals surface area contributed by atoms with Crippen molar-refractivity contribution < 1.29 is 9.18 Å². The number of anilines is 1. The summed E-state index contributed by atoms with van der Waals surface area (Å²) in [6, 6.07) is 6.08. The van der Waals surface area contributed by atoms with Gasteiger partial charge in [-0.25, -0.2) is 14.1 Å². The lowest BCUT2D eigenvalue weighted by atomic mass is 10.2. The molecule has 0 unspecified atom stereocenters. The van der Waals surface area contributed by atoms with Gasteiger partial charge in [0.05, 0.1) is 17.8 Å². The Balaban J connectivity index is 1.70. The van der Waals surface area contributed by atoms with E-state index in [-0.39, 0.29) is 22.5 Å². The number of nitrogens with one attached hydrogen (secondary N) is 1. The highest BCUT2D eigenvalue weighted by Gasteiger charge is 2.18. The molecule has 0 saturated carbocycles. The van der Waals surface area contributed by atoms with E-state index in [0.717, 1.165) is 5.56 Å². The Morgan fingerprint density at radius 2 is 2.08 bits per heavy atom. The Morgan fingerprint density at radius 1 is 1.33 bits per heavy atom. The molecular weight excluding hydrogens is 335 g/mol. The number of nitrogens with zero attached hydrogens (tertiary/aromatic N) is 5. The first-order valence-electron chi connectivity index (χ1n) is 7.23. The molecule has 0 radical (unpaired) electrons. The highest BCUT2D eigenvalue weighted by atomic mass is 35.5. The number of carbonyl (C=O) groups is 1. The van der Waals surface area contributed by atoms with Crippen molar-refractivity contribution in [3.8, 4) is 0 Å². The van der Waals surface area contributed by atoms with Gasteiger partial charge in [-0.3, -0.25) is 14.8 Å². The molecule has 0 atom stereocenters. The molecule has 0 aliphatic rings. The molecular formula is C15H14ClFN6O. The van der Waals surface area contributed by atoms with E-state index in [9.17, 15) is 9.18 Å². The second-order valence-electron chi connectivity index (χ2n) is 5.00. The number of aromatic nitrogens is 5. The fraction of sp³-hybridized carbons (Fsp3) is 0.200. The number of amides is 1. The Labute approximate surface area is 142 Å². The maximum Gasteiger partial charge on any atom is 0.277 e. The summed E-state index contributed by atoms with van der Waals surface area (Å²) >= 11 is 5.99. The summed E-state index contributed by atoms with van der Waals surface area (Å²) in [4.78, 5) is 16.3. The molecule has 1 aromatic carbocycles. The van der Waals surface area contributed by atoms with Crippen molar-refractivity contribution in [2.75, 3.05) is 5.32 Å². The Hall–Kier alpha value is -2.74. The standard InChI is InChI=1S/C15H14ClFN6O/c1-2-23-13(12(16)7-19-23)14(24)20-15-18-9-22(21-15)8-10-3-5-11(17)6-4-10/h3-7,9H,2,8H2,1H3,(H,20,21,24). The predicted molar refractivity (Wildman–Crippen MR) is 86.4 cm³/mol. The molecule has 2 heterocycles. The first-order chi connectivity index (χ1) is 11.6. The summed E-state index contributed by atoms with van der Waals surface area (Å²) in [5.74, 6) is -0.573. The second-order valence-corrected chi connectivity index (χ2v) is 5.41. The zero-order chi connectivity index (χ0) is 17.1.